The van der Waals surface area contributed by atoms with Crippen molar-refractivity contribution in [1.29, 1.82) is 5.26 Å². The highest BCUT2D eigenvalue weighted by molar-refractivity contribution is 6.07. The van der Waals surface area contributed by atoms with E-state index in [1.54, 1.807) is 6.07 Å². The third-order valence-electron chi connectivity index (χ3n) is 4.01. The SMILES string of the molecule is CCc1cccc(CC)c1NC(=O)/C(C#N)=C\Nc1ccc(F)c(F)c1F. The topological polar surface area (TPSA) is 64.9 Å². The minimum Gasteiger partial charge on any atom is -0.358 e. The van der Waals surface area contributed by atoms with Crippen LogP contribution in [0.1, 0.15) is 25.0 Å². The summed E-state index contributed by atoms with van der Waals surface area (Å²) in [5.74, 6) is -5.10. The molecule has 0 fully saturated rings. The van der Waals surface area contributed by atoms with E-state index < -0.39 is 29.0 Å². The molecule has 0 spiro atoms. The Morgan fingerprint density at radius 2 is 1.70 bits per heavy atom. The summed E-state index contributed by atoms with van der Waals surface area (Å²) < 4.78 is 39.9. The zero-order valence-corrected chi connectivity index (χ0v) is 14.9. The second kappa shape index (κ2) is 8.90. The van der Waals surface area contributed by atoms with Gasteiger partial charge in [0.25, 0.3) is 5.91 Å². The summed E-state index contributed by atoms with van der Waals surface area (Å²) in [6.07, 6.45) is 2.33. The Hall–Kier alpha value is -3.27. The standard InChI is InChI=1S/C20H18F3N3O/c1-3-12-6-5-7-13(4-2)19(12)26-20(27)14(10-24)11-25-16-9-8-15(21)17(22)18(16)23/h5-9,11,25H,3-4H2,1-2H3,(H,26,27)/b14-11-. The lowest BCUT2D eigenvalue weighted by Crippen LogP contribution is -2.17. The number of nitrogens with one attached hydrogen (secondary N) is 2. The molecule has 0 aliphatic heterocycles. The van der Waals surface area contributed by atoms with Crippen LogP contribution in [-0.2, 0) is 17.6 Å². The molecule has 0 saturated heterocycles. The molecule has 0 aliphatic carbocycles. The van der Waals surface area contributed by atoms with Crippen molar-refractivity contribution in [3.05, 3.63) is 70.7 Å². The van der Waals surface area contributed by atoms with Crippen molar-refractivity contribution in [3.8, 4) is 6.07 Å². The number of hydrogen-bond acceptors (Lipinski definition) is 3. The van der Waals surface area contributed by atoms with E-state index in [2.05, 4.69) is 10.6 Å². The van der Waals surface area contributed by atoms with Gasteiger partial charge in [0.15, 0.2) is 17.5 Å². The number of amides is 1. The summed E-state index contributed by atoms with van der Waals surface area (Å²) in [5, 5.41) is 14.3. The highest BCUT2D eigenvalue weighted by Crippen LogP contribution is 2.23. The van der Waals surface area contributed by atoms with Gasteiger partial charge in [0, 0.05) is 11.9 Å². The fraction of sp³-hybridized carbons (Fsp3) is 0.200. The fourth-order valence-electron chi connectivity index (χ4n) is 2.52. The van der Waals surface area contributed by atoms with Crippen LogP contribution in [0.3, 0.4) is 0 Å². The maximum Gasteiger partial charge on any atom is 0.267 e. The quantitative estimate of drug-likeness (QED) is 0.439. The molecule has 2 N–H and O–H groups in total. The summed E-state index contributed by atoms with van der Waals surface area (Å²) in [4.78, 5) is 12.4. The molecule has 2 aromatic rings. The Labute approximate surface area is 155 Å². The molecule has 2 rings (SSSR count). The average molecular weight is 373 g/mol. The molecule has 0 atom stereocenters. The Bertz CT molecular complexity index is 911. The van der Waals surface area contributed by atoms with Gasteiger partial charge in [0.1, 0.15) is 11.6 Å². The van der Waals surface area contributed by atoms with Crippen LogP contribution in [0.2, 0.25) is 0 Å². The predicted molar refractivity (Wildman–Crippen MR) is 97.5 cm³/mol. The van der Waals surface area contributed by atoms with E-state index in [4.69, 9.17) is 0 Å². The summed E-state index contributed by atoms with van der Waals surface area (Å²) >= 11 is 0. The number of nitriles is 1. The van der Waals surface area contributed by atoms with Gasteiger partial charge < -0.3 is 10.6 Å². The minimum atomic E-state index is -1.64. The molecule has 7 heteroatoms. The van der Waals surface area contributed by atoms with Crippen LogP contribution in [0.15, 0.2) is 42.1 Å². The van der Waals surface area contributed by atoms with Gasteiger partial charge in [0.2, 0.25) is 0 Å². The second-order valence-electron chi connectivity index (χ2n) is 5.65. The van der Waals surface area contributed by atoms with Gasteiger partial charge in [0.05, 0.1) is 5.69 Å². The smallest absolute Gasteiger partial charge is 0.267 e. The summed E-state index contributed by atoms with van der Waals surface area (Å²) in [6, 6.07) is 9.06. The minimum absolute atomic E-state index is 0.341. The van der Waals surface area contributed by atoms with Crippen molar-refractivity contribution in [1.82, 2.24) is 0 Å². The number of para-hydroxylation sites is 1. The summed E-state index contributed by atoms with van der Waals surface area (Å²) in [7, 11) is 0. The lowest BCUT2D eigenvalue weighted by atomic mass is 10.0. The van der Waals surface area contributed by atoms with Gasteiger partial charge in [-0.1, -0.05) is 32.0 Å². The summed E-state index contributed by atoms with van der Waals surface area (Å²) in [5.41, 5.74) is 1.73. The number of nitrogens with zero attached hydrogens (tertiary/aromatic N) is 1. The molecule has 1 amide bonds. The number of halogens is 3. The van der Waals surface area contributed by atoms with Crippen LogP contribution in [0.5, 0.6) is 0 Å². The third-order valence-corrected chi connectivity index (χ3v) is 4.01. The Balaban J connectivity index is 2.26. The predicted octanol–water partition coefficient (Wildman–Crippen LogP) is 4.69. The van der Waals surface area contributed by atoms with Gasteiger partial charge >= 0.3 is 0 Å². The third kappa shape index (κ3) is 4.47. The van der Waals surface area contributed by atoms with Gasteiger partial charge in [-0.2, -0.15) is 5.26 Å². The molecule has 0 saturated carbocycles. The van der Waals surface area contributed by atoms with E-state index in [-0.39, 0.29) is 5.57 Å². The van der Waals surface area contributed by atoms with Gasteiger partial charge in [-0.25, -0.2) is 13.2 Å². The van der Waals surface area contributed by atoms with Crippen molar-refractivity contribution in [2.45, 2.75) is 26.7 Å². The lowest BCUT2D eigenvalue weighted by molar-refractivity contribution is -0.112. The van der Waals surface area contributed by atoms with E-state index in [9.17, 15) is 23.2 Å². The van der Waals surface area contributed by atoms with E-state index >= 15 is 0 Å². The molecule has 0 bridgehead atoms. The fourth-order valence-corrected chi connectivity index (χ4v) is 2.52. The Kier molecular flexibility index (Phi) is 6.61. The Morgan fingerprint density at radius 3 is 2.26 bits per heavy atom. The van der Waals surface area contributed by atoms with Crippen LogP contribution in [0.25, 0.3) is 0 Å². The molecule has 0 radical (unpaired) electrons. The van der Waals surface area contributed by atoms with Crippen molar-refractivity contribution < 1.29 is 18.0 Å². The van der Waals surface area contributed by atoms with Crippen LogP contribution in [-0.4, -0.2) is 5.91 Å². The first kappa shape index (κ1) is 20.0. The maximum atomic E-state index is 13.7. The van der Waals surface area contributed by atoms with E-state index in [1.165, 1.54) is 0 Å². The first-order valence-corrected chi connectivity index (χ1v) is 8.35. The number of rotatable bonds is 6. The van der Waals surface area contributed by atoms with Crippen LogP contribution in [0, 0.1) is 28.8 Å². The van der Waals surface area contributed by atoms with Gasteiger partial charge in [-0.05, 0) is 36.1 Å². The summed E-state index contributed by atoms with van der Waals surface area (Å²) in [6.45, 7) is 3.89. The van der Waals surface area contributed by atoms with Crippen molar-refractivity contribution in [2.75, 3.05) is 10.6 Å². The van der Waals surface area contributed by atoms with Crippen molar-refractivity contribution in [3.63, 3.8) is 0 Å². The number of aryl methyl sites for hydroxylation is 2. The van der Waals surface area contributed by atoms with Crippen LogP contribution >= 0.6 is 0 Å². The molecule has 140 valence electrons. The van der Waals surface area contributed by atoms with E-state index in [0.29, 0.717) is 18.5 Å². The first-order valence-electron chi connectivity index (χ1n) is 8.35. The molecule has 0 heterocycles. The van der Waals surface area contributed by atoms with Gasteiger partial charge in [-0.3, -0.25) is 4.79 Å². The molecule has 0 aliphatic rings. The molecule has 0 aromatic heterocycles. The number of carbonyl (C=O) groups excluding carboxylic acids is 1. The number of benzene rings is 2. The molecule has 0 unspecified atom stereocenters. The number of carbonyl (C=O) groups is 1. The molecule has 2 aromatic carbocycles. The molecule has 4 nitrogen and oxygen atoms in total. The first-order chi connectivity index (χ1) is 12.9. The van der Waals surface area contributed by atoms with E-state index in [1.807, 2.05) is 32.0 Å². The molecular weight excluding hydrogens is 355 g/mol. The highest BCUT2D eigenvalue weighted by atomic mass is 19.2. The molecule has 27 heavy (non-hydrogen) atoms. The second-order valence-corrected chi connectivity index (χ2v) is 5.65. The lowest BCUT2D eigenvalue weighted by Gasteiger charge is -2.14. The number of hydrogen-bond donors (Lipinski definition) is 2. The van der Waals surface area contributed by atoms with Crippen molar-refractivity contribution in [2.24, 2.45) is 0 Å². The number of anilines is 2. The average Bonchev–Trinajstić information content (AvgIpc) is 2.68. The monoisotopic (exact) mass is 373 g/mol. The maximum absolute atomic E-state index is 13.7. The van der Waals surface area contributed by atoms with E-state index in [0.717, 1.165) is 29.5 Å². The normalized spacial score (nSPS) is 11.0. The van der Waals surface area contributed by atoms with Crippen LogP contribution < -0.4 is 10.6 Å². The molecular formula is C20H18F3N3O. The van der Waals surface area contributed by atoms with Gasteiger partial charge in [-0.15, -0.1) is 0 Å². The zero-order valence-electron chi connectivity index (χ0n) is 14.9. The highest BCUT2D eigenvalue weighted by Gasteiger charge is 2.16. The van der Waals surface area contributed by atoms with Crippen LogP contribution in [0.4, 0.5) is 24.5 Å². The Morgan fingerprint density at radius 1 is 1.07 bits per heavy atom. The van der Waals surface area contributed by atoms with Crippen molar-refractivity contribution >= 4 is 17.3 Å². The largest absolute Gasteiger partial charge is 0.358 e. The zero-order chi connectivity index (χ0) is 20.0.